The van der Waals surface area contributed by atoms with E-state index in [2.05, 4.69) is 15.2 Å². The van der Waals surface area contributed by atoms with Gasteiger partial charge >= 0.3 is 0 Å². The molecule has 5 nitrogen and oxygen atoms in total. The smallest absolute Gasteiger partial charge is 0.145 e. The van der Waals surface area contributed by atoms with Gasteiger partial charge in [-0.2, -0.15) is 5.10 Å². The SMILES string of the molecule is COc1cc(C)c2[nH]cc(-c3cc(N)n[nH]3)c2c1. The Bertz CT molecular complexity index is 711. The van der Waals surface area contributed by atoms with Gasteiger partial charge in [-0.25, -0.2) is 0 Å². The molecule has 0 unspecified atom stereocenters. The van der Waals surface area contributed by atoms with Crippen molar-refractivity contribution in [2.75, 3.05) is 12.8 Å². The van der Waals surface area contributed by atoms with Crippen LogP contribution in [0.5, 0.6) is 5.75 Å². The molecule has 4 N–H and O–H groups in total. The quantitative estimate of drug-likeness (QED) is 0.645. The first kappa shape index (κ1) is 10.7. The summed E-state index contributed by atoms with van der Waals surface area (Å²) in [7, 11) is 1.67. The first-order valence-electron chi connectivity index (χ1n) is 5.66. The van der Waals surface area contributed by atoms with Gasteiger partial charge in [-0.15, -0.1) is 0 Å². The molecule has 0 spiro atoms. The van der Waals surface area contributed by atoms with Gasteiger partial charge in [-0.05, 0) is 24.6 Å². The normalized spacial score (nSPS) is 11.0. The lowest BCUT2D eigenvalue weighted by Gasteiger charge is -2.03. The van der Waals surface area contributed by atoms with Gasteiger partial charge in [0.15, 0.2) is 0 Å². The molecular formula is C13H14N4O. The first-order valence-corrected chi connectivity index (χ1v) is 5.66. The molecule has 2 heterocycles. The number of hydrogen-bond acceptors (Lipinski definition) is 3. The summed E-state index contributed by atoms with van der Waals surface area (Å²) in [5.74, 6) is 1.33. The van der Waals surface area contributed by atoms with Gasteiger partial charge in [0.05, 0.1) is 12.8 Å². The van der Waals surface area contributed by atoms with Crippen molar-refractivity contribution in [3.05, 3.63) is 30.0 Å². The summed E-state index contributed by atoms with van der Waals surface area (Å²) >= 11 is 0. The van der Waals surface area contributed by atoms with E-state index in [9.17, 15) is 0 Å². The molecule has 5 heteroatoms. The monoisotopic (exact) mass is 242 g/mol. The van der Waals surface area contributed by atoms with Crippen LogP contribution in [0, 0.1) is 6.92 Å². The molecule has 18 heavy (non-hydrogen) atoms. The van der Waals surface area contributed by atoms with Gasteiger partial charge in [0.25, 0.3) is 0 Å². The standard InChI is InChI=1S/C13H14N4O/c1-7-3-8(18-2)4-9-10(6-15-13(7)9)11-5-12(14)17-16-11/h3-6,15H,1-2H3,(H3,14,16,17). The number of aromatic nitrogens is 3. The lowest BCUT2D eigenvalue weighted by Crippen LogP contribution is -1.85. The van der Waals surface area contributed by atoms with Gasteiger partial charge in [0, 0.05) is 28.7 Å². The Kier molecular flexibility index (Phi) is 2.26. The van der Waals surface area contributed by atoms with E-state index in [1.807, 2.05) is 31.3 Å². The van der Waals surface area contributed by atoms with E-state index in [-0.39, 0.29) is 0 Å². The number of rotatable bonds is 2. The van der Waals surface area contributed by atoms with Crippen LogP contribution in [0.25, 0.3) is 22.2 Å². The second-order valence-corrected chi connectivity index (χ2v) is 4.28. The first-order chi connectivity index (χ1) is 8.69. The lowest BCUT2D eigenvalue weighted by atomic mass is 10.1. The number of methoxy groups -OCH3 is 1. The zero-order chi connectivity index (χ0) is 12.7. The third-order valence-electron chi connectivity index (χ3n) is 3.08. The summed E-state index contributed by atoms with van der Waals surface area (Å²) in [6.45, 7) is 2.05. The molecule has 0 atom stereocenters. The minimum Gasteiger partial charge on any atom is -0.497 e. The van der Waals surface area contributed by atoms with E-state index in [0.717, 1.165) is 33.5 Å². The highest BCUT2D eigenvalue weighted by Crippen LogP contribution is 2.32. The molecule has 0 fully saturated rings. The number of nitrogens with two attached hydrogens (primary N) is 1. The van der Waals surface area contributed by atoms with Crippen molar-refractivity contribution in [1.82, 2.24) is 15.2 Å². The highest BCUT2D eigenvalue weighted by Gasteiger charge is 2.11. The van der Waals surface area contributed by atoms with Crippen molar-refractivity contribution >= 4 is 16.7 Å². The molecule has 0 aliphatic heterocycles. The van der Waals surface area contributed by atoms with Crippen molar-refractivity contribution in [2.45, 2.75) is 6.92 Å². The number of anilines is 1. The average Bonchev–Trinajstić information content (AvgIpc) is 2.95. The molecule has 0 aliphatic carbocycles. The summed E-state index contributed by atoms with van der Waals surface area (Å²) in [5, 5.41) is 7.97. The van der Waals surface area contributed by atoms with Crippen molar-refractivity contribution in [2.24, 2.45) is 0 Å². The lowest BCUT2D eigenvalue weighted by molar-refractivity contribution is 0.415. The number of H-pyrrole nitrogens is 2. The fraction of sp³-hybridized carbons (Fsp3) is 0.154. The van der Waals surface area contributed by atoms with E-state index in [4.69, 9.17) is 10.5 Å². The van der Waals surface area contributed by atoms with Crippen LogP contribution < -0.4 is 10.5 Å². The topological polar surface area (TPSA) is 79.7 Å². The number of fused-ring (bicyclic) bond motifs is 1. The Balaban J connectivity index is 2.27. The van der Waals surface area contributed by atoms with Crippen LogP contribution in [0.2, 0.25) is 0 Å². The molecule has 0 saturated heterocycles. The molecule has 92 valence electrons. The maximum atomic E-state index is 5.64. The maximum Gasteiger partial charge on any atom is 0.145 e. The van der Waals surface area contributed by atoms with Crippen LogP contribution in [0.15, 0.2) is 24.4 Å². The van der Waals surface area contributed by atoms with Crippen LogP contribution in [-0.2, 0) is 0 Å². The number of nitrogens with zero attached hydrogens (tertiary/aromatic N) is 1. The minimum absolute atomic E-state index is 0.485. The zero-order valence-corrected chi connectivity index (χ0v) is 10.2. The number of aryl methyl sites for hydroxylation is 1. The van der Waals surface area contributed by atoms with Crippen molar-refractivity contribution in [3.63, 3.8) is 0 Å². The van der Waals surface area contributed by atoms with Crippen molar-refractivity contribution < 1.29 is 4.74 Å². The third kappa shape index (κ3) is 1.52. The number of hydrogen-bond donors (Lipinski definition) is 3. The number of ether oxygens (including phenoxy) is 1. The molecule has 3 aromatic rings. The van der Waals surface area contributed by atoms with Crippen LogP contribution in [0.1, 0.15) is 5.56 Å². The molecule has 0 aliphatic rings. The number of aromatic amines is 2. The average molecular weight is 242 g/mol. The predicted molar refractivity (Wildman–Crippen MR) is 71.6 cm³/mol. The summed E-state index contributed by atoms with van der Waals surface area (Å²) < 4.78 is 5.30. The zero-order valence-electron chi connectivity index (χ0n) is 10.2. The Hall–Kier alpha value is -2.43. The predicted octanol–water partition coefficient (Wildman–Crippen LogP) is 2.46. The molecule has 0 saturated carbocycles. The number of benzene rings is 1. The highest BCUT2D eigenvalue weighted by atomic mass is 16.5. The van der Waals surface area contributed by atoms with E-state index < -0.39 is 0 Å². The Morgan fingerprint density at radius 2 is 2.11 bits per heavy atom. The van der Waals surface area contributed by atoms with Crippen LogP contribution in [0.4, 0.5) is 5.82 Å². The third-order valence-corrected chi connectivity index (χ3v) is 3.08. The van der Waals surface area contributed by atoms with Crippen LogP contribution in [0.3, 0.4) is 0 Å². The van der Waals surface area contributed by atoms with Crippen LogP contribution >= 0.6 is 0 Å². The van der Waals surface area contributed by atoms with Gasteiger partial charge in [-0.3, -0.25) is 5.10 Å². The highest BCUT2D eigenvalue weighted by molar-refractivity contribution is 5.97. The fourth-order valence-electron chi connectivity index (χ4n) is 2.20. The second kappa shape index (κ2) is 3.80. The molecular weight excluding hydrogens is 228 g/mol. The van der Waals surface area contributed by atoms with E-state index in [1.165, 1.54) is 0 Å². The Morgan fingerprint density at radius 1 is 1.28 bits per heavy atom. The van der Waals surface area contributed by atoms with Crippen molar-refractivity contribution in [1.29, 1.82) is 0 Å². The largest absolute Gasteiger partial charge is 0.497 e. The Labute approximate surface area is 104 Å². The van der Waals surface area contributed by atoms with E-state index >= 15 is 0 Å². The summed E-state index contributed by atoms with van der Waals surface area (Å²) in [6, 6.07) is 5.83. The van der Waals surface area contributed by atoms with Gasteiger partial charge in [0.2, 0.25) is 0 Å². The maximum absolute atomic E-state index is 5.64. The summed E-state index contributed by atoms with van der Waals surface area (Å²) in [6.07, 6.45) is 1.95. The van der Waals surface area contributed by atoms with Crippen molar-refractivity contribution in [3.8, 4) is 17.0 Å². The summed E-state index contributed by atoms with van der Waals surface area (Å²) in [5.41, 5.74) is 9.81. The number of nitrogens with one attached hydrogen (secondary N) is 2. The Morgan fingerprint density at radius 3 is 2.78 bits per heavy atom. The second-order valence-electron chi connectivity index (χ2n) is 4.28. The van der Waals surface area contributed by atoms with Gasteiger partial charge < -0.3 is 15.5 Å². The molecule has 0 bridgehead atoms. The minimum atomic E-state index is 0.485. The van der Waals surface area contributed by atoms with E-state index in [0.29, 0.717) is 5.82 Å². The molecule has 1 aromatic carbocycles. The van der Waals surface area contributed by atoms with E-state index in [1.54, 1.807) is 7.11 Å². The van der Waals surface area contributed by atoms with Gasteiger partial charge in [0.1, 0.15) is 11.6 Å². The van der Waals surface area contributed by atoms with Gasteiger partial charge in [-0.1, -0.05) is 0 Å². The molecule has 2 aromatic heterocycles. The summed E-state index contributed by atoms with van der Waals surface area (Å²) in [4.78, 5) is 3.27. The molecule has 3 rings (SSSR count). The molecule has 0 amide bonds. The fourth-order valence-corrected chi connectivity index (χ4v) is 2.20. The van der Waals surface area contributed by atoms with Crippen LogP contribution in [-0.4, -0.2) is 22.3 Å². The number of nitrogen functional groups attached to an aromatic ring is 1. The molecule has 0 radical (unpaired) electrons.